The number of halogens is 4. The van der Waals surface area contributed by atoms with Crippen molar-refractivity contribution < 1.29 is 48.0 Å². The molecule has 0 aromatic heterocycles. The van der Waals surface area contributed by atoms with Gasteiger partial charge in [0.2, 0.25) is 0 Å². The molecule has 0 radical (unpaired) electrons. The van der Waals surface area contributed by atoms with Crippen LogP contribution in [0.2, 0.25) is 0 Å². The van der Waals surface area contributed by atoms with Gasteiger partial charge in [-0.1, -0.05) is 0 Å². The molecule has 7 rings (SSSR count). The summed E-state index contributed by atoms with van der Waals surface area (Å²) in [6.07, 6.45) is 4.85. The molecule has 5 aliphatic rings. The molecule has 0 saturated heterocycles. The molecule has 2 atom stereocenters. The van der Waals surface area contributed by atoms with Gasteiger partial charge in [-0.3, -0.25) is 0 Å². The molecule has 8 heteroatoms. The van der Waals surface area contributed by atoms with Crippen molar-refractivity contribution in [3.05, 3.63) is 76.0 Å². The summed E-state index contributed by atoms with van der Waals surface area (Å²) in [5, 5.41) is 10.6. The summed E-state index contributed by atoms with van der Waals surface area (Å²) in [6, 6.07) is 9.22. The monoisotopic (exact) mass is 688 g/mol. The minimum absolute atomic E-state index is 0. The Hall–Kier alpha value is 0.873. The van der Waals surface area contributed by atoms with E-state index in [9.17, 15) is 0 Å². The second-order valence-electron chi connectivity index (χ2n) is 7.27. The molecule has 148 valence electrons. The van der Waals surface area contributed by atoms with Crippen LogP contribution in [0.4, 0.5) is 0 Å². The van der Waals surface area contributed by atoms with Crippen molar-refractivity contribution >= 4 is 90.4 Å². The van der Waals surface area contributed by atoms with Gasteiger partial charge >= 0.3 is 205 Å². The van der Waals surface area contributed by atoms with Gasteiger partial charge in [-0.2, -0.15) is 0 Å². The Bertz CT molecular complexity index is 1460. The number of thioether (sulfide) groups is 2. The third-order valence-electron chi connectivity index (χ3n) is 5.74. The summed E-state index contributed by atoms with van der Waals surface area (Å²) in [5.41, 5.74) is 6.20. The zero-order valence-electron chi connectivity index (χ0n) is 15.0. The maximum atomic E-state index is 3.86. The van der Waals surface area contributed by atoms with Gasteiger partial charge in [-0.25, -0.2) is 0 Å². The minimum atomic E-state index is -0.697. The fourth-order valence-corrected chi connectivity index (χ4v) is 16.2. The summed E-state index contributed by atoms with van der Waals surface area (Å²) in [5.74, 6) is 0. The molecule has 0 fully saturated rings. The molecule has 0 amide bonds. The fourth-order valence-electron chi connectivity index (χ4n) is 4.60. The molecular weight excluding hydrogens is 682 g/mol. The zero-order chi connectivity index (χ0) is 18.6. The Labute approximate surface area is 227 Å². The molecule has 30 heavy (non-hydrogen) atoms. The summed E-state index contributed by atoms with van der Waals surface area (Å²) in [7, 11) is 0. The van der Waals surface area contributed by atoms with Crippen LogP contribution in [-0.2, 0) is 23.2 Å². The maximum Gasteiger partial charge on any atom is -1.00 e. The molecule has 2 aromatic rings. The van der Waals surface area contributed by atoms with Crippen LogP contribution in [0.25, 0.3) is 23.3 Å². The Kier molecular flexibility index (Phi) is 6.25. The van der Waals surface area contributed by atoms with Gasteiger partial charge in [0.05, 0.1) is 0 Å². The molecule has 4 bridgehead atoms. The SMILES string of the molecule is Brc1cc2c3c(c1)=CC1=CS[CH]([Zr+2][CH]4SC=C5C=c6c(c(Br)ccc6=C54)S2)C=31.[Cl-].[Cl-]. The van der Waals surface area contributed by atoms with Crippen molar-refractivity contribution in [3.8, 4) is 0 Å². The van der Waals surface area contributed by atoms with Gasteiger partial charge in [0.1, 0.15) is 0 Å². The fraction of sp³-hybridized carbons (Fsp3) is 0.0909. The van der Waals surface area contributed by atoms with E-state index >= 15 is 0 Å². The quantitative estimate of drug-likeness (QED) is 0.323. The smallest absolute Gasteiger partial charge is 1.00 e. The summed E-state index contributed by atoms with van der Waals surface area (Å²) < 4.78 is 3.79. The van der Waals surface area contributed by atoms with E-state index in [0.29, 0.717) is 5.92 Å². The Morgan fingerprint density at radius 1 is 0.867 bits per heavy atom. The standard InChI is InChI=1S/C22H10Br2S3.2ClH.Zr/c23-14-4-11-3-12-7-26-10-18(12)21(11)20(6-14)27-22-16-5-13-8-25-9-17(13)15(16)1-2-19(22)24;;;/h1-10H;2*1H;/q;;;+2/p-2. The third-order valence-corrected chi connectivity index (χ3v) is 16.6. The topological polar surface area (TPSA) is 0 Å². The first kappa shape index (κ1) is 22.7. The van der Waals surface area contributed by atoms with Crippen LogP contribution in [0.5, 0.6) is 0 Å². The molecule has 3 heterocycles. The second kappa shape index (κ2) is 8.27. The van der Waals surface area contributed by atoms with E-state index < -0.39 is 23.2 Å². The molecule has 0 nitrogen and oxygen atoms in total. The van der Waals surface area contributed by atoms with Crippen molar-refractivity contribution in [1.29, 1.82) is 0 Å². The number of hydrogen-bond acceptors (Lipinski definition) is 3. The molecule has 0 spiro atoms. The van der Waals surface area contributed by atoms with Crippen LogP contribution < -0.4 is 45.7 Å². The van der Waals surface area contributed by atoms with Crippen LogP contribution in [0.3, 0.4) is 0 Å². The van der Waals surface area contributed by atoms with Crippen molar-refractivity contribution in [1.82, 2.24) is 0 Å². The predicted octanol–water partition coefficient (Wildman–Crippen LogP) is -1.73. The van der Waals surface area contributed by atoms with Crippen molar-refractivity contribution in [2.24, 2.45) is 0 Å². The first-order valence-electron chi connectivity index (χ1n) is 8.93. The van der Waals surface area contributed by atoms with Crippen molar-refractivity contribution in [2.45, 2.75) is 15.7 Å². The van der Waals surface area contributed by atoms with Gasteiger partial charge in [0.15, 0.2) is 0 Å². The van der Waals surface area contributed by atoms with Gasteiger partial charge in [-0.15, -0.1) is 0 Å². The third kappa shape index (κ3) is 3.19. The summed E-state index contributed by atoms with van der Waals surface area (Å²) >= 11 is 13.0. The van der Waals surface area contributed by atoms with E-state index in [1.165, 1.54) is 50.8 Å². The normalized spacial score (nSPS) is 22.9. The van der Waals surface area contributed by atoms with Gasteiger partial charge in [0, 0.05) is 0 Å². The molecule has 3 aliphatic heterocycles. The first-order valence-corrected chi connectivity index (χ1v) is 16.1. The number of hydrogen-bond donors (Lipinski definition) is 0. The Balaban J connectivity index is 0.000000963. The second-order valence-corrected chi connectivity index (χ2v) is 17.8. The minimum Gasteiger partial charge on any atom is -1.00 e. The van der Waals surface area contributed by atoms with Gasteiger partial charge < -0.3 is 24.8 Å². The predicted molar refractivity (Wildman–Crippen MR) is 126 cm³/mol. The average Bonchev–Trinajstić information content (AvgIpc) is 3.38. The molecule has 2 aliphatic carbocycles. The first-order chi connectivity index (χ1) is 13.7. The number of rotatable bonds is 0. The largest absolute Gasteiger partial charge is 1.00 e. The molecule has 0 saturated carbocycles. The summed E-state index contributed by atoms with van der Waals surface area (Å²) in [6.45, 7) is 0. The van der Waals surface area contributed by atoms with Gasteiger partial charge in [-0.05, 0) is 0 Å². The van der Waals surface area contributed by atoms with Crippen molar-refractivity contribution in [3.63, 3.8) is 0 Å². The maximum absolute atomic E-state index is 3.86. The Morgan fingerprint density at radius 2 is 1.60 bits per heavy atom. The van der Waals surface area contributed by atoms with Crippen molar-refractivity contribution in [2.75, 3.05) is 0 Å². The zero-order valence-corrected chi connectivity index (χ0v) is 24.6. The van der Waals surface area contributed by atoms with Crippen LogP contribution in [0, 0.1) is 0 Å². The Morgan fingerprint density at radius 3 is 2.40 bits per heavy atom. The molecule has 0 N–H and O–H groups in total. The van der Waals surface area contributed by atoms with Gasteiger partial charge in [0.25, 0.3) is 0 Å². The van der Waals surface area contributed by atoms with E-state index in [-0.39, 0.29) is 24.8 Å². The average molecular weight is 692 g/mol. The van der Waals surface area contributed by atoms with Crippen LogP contribution >= 0.6 is 67.1 Å². The number of benzene rings is 2. The van der Waals surface area contributed by atoms with Crippen LogP contribution in [0.15, 0.2) is 65.0 Å². The van der Waals surface area contributed by atoms with E-state index in [2.05, 4.69) is 103 Å². The van der Waals surface area contributed by atoms with Crippen LogP contribution in [-0.4, -0.2) is 5.92 Å². The van der Waals surface area contributed by atoms with Crippen LogP contribution in [0.1, 0.15) is 0 Å². The molecular formula is C22H10Br2Cl2S3Zr. The van der Waals surface area contributed by atoms with E-state index in [0.717, 1.165) is 0 Å². The van der Waals surface area contributed by atoms with E-state index in [4.69, 9.17) is 0 Å². The molecule has 2 unspecified atom stereocenters. The van der Waals surface area contributed by atoms with E-state index in [1.807, 2.05) is 11.8 Å². The number of allylic oxidation sites excluding steroid dienone is 2. The van der Waals surface area contributed by atoms with E-state index in [1.54, 1.807) is 11.1 Å². The summed E-state index contributed by atoms with van der Waals surface area (Å²) in [4.78, 5) is 2.75. The molecule has 2 aromatic carbocycles.